The Hall–Kier alpha value is -0.730. The summed E-state index contributed by atoms with van der Waals surface area (Å²) >= 11 is 11.2. The van der Waals surface area contributed by atoms with Crippen LogP contribution in [-0.4, -0.2) is 11.8 Å². The molecule has 0 heterocycles. The third-order valence-corrected chi connectivity index (χ3v) is 2.29. The molecule has 0 spiro atoms. The fraction of sp³-hybridized carbons (Fsp3) is 0.364. The van der Waals surface area contributed by atoms with Crippen molar-refractivity contribution in [3.05, 3.63) is 29.3 Å². The molecular weight excluding hydrogens is 235 g/mol. The molecule has 0 radical (unpaired) electrons. The average molecular weight is 247 g/mol. The van der Waals surface area contributed by atoms with Crippen molar-refractivity contribution in [3.63, 3.8) is 0 Å². The van der Waals surface area contributed by atoms with E-state index in [1.54, 1.807) is 24.3 Å². The lowest BCUT2D eigenvalue weighted by atomic mass is 10.2. The number of ether oxygens (including phenoxy) is 1. The van der Waals surface area contributed by atoms with Crippen LogP contribution >= 0.6 is 23.2 Å². The van der Waals surface area contributed by atoms with E-state index in [1.165, 1.54) is 0 Å². The van der Waals surface area contributed by atoms with Gasteiger partial charge in [-0.1, -0.05) is 17.7 Å². The molecule has 0 saturated carbocycles. The maximum Gasteiger partial charge on any atom is 0.311 e. The monoisotopic (exact) mass is 246 g/mol. The van der Waals surface area contributed by atoms with Crippen molar-refractivity contribution < 1.29 is 9.53 Å². The summed E-state index contributed by atoms with van der Waals surface area (Å²) in [6.07, 6.45) is 1.97. The summed E-state index contributed by atoms with van der Waals surface area (Å²) in [5.74, 6) is 0.811. The topological polar surface area (TPSA) is 26.3 Å². The van der Waals surface area contributed by atoms with Crippen molar-refractivity contribution in [2.24, 2.45) is 0 Å². The van der Waals surface area contributed by atoms with Gasteiger partial charge in [0, 0.05) is 17.3 Å². The first-order valence-electron chi connectivity index (χ1n) is 4.74. The first-order valence-corrected chi connectivity index (χ1v) is 5.66. The van der Waals surface area contributed by atoms with Crippen LogP contribution < -0.4 is 4.74 Å². The van der Waals surface area contributed by atoms with Gasteiger partial charge in [-0.2, -0.15) is 0 Å². The van der Waals surface area contributed by atoms with E-state index in [0.29, 0.717) is 23.1 Å². The normalized spacial score (nSPS) is 10.0. The van der Waals surface area contributed by atoms with Gasteiger partial charge in [0.1, 0.15) is 5.75 Å². The second kappa shape index (κ2) is 6.70. The van der Waals surface area contributed by atoms with Gasteiger partial charge in [-0.25, -0.2) is 0 Å². The van der Waals surface area contributed by atoms with Gasteiger partial charge in [0.15, 0.2) is 0 Å². The van der Waals surface area contributed by atoms with E-state index in [0.717, 1.165) is 12.8 Å². The number of carbonyl (C=O) groups excluding carboxylic acids is 1. The van der Waals surface area contributed by atoms with E-state index in [2.05, 4.69) is 0 Å². The second-order valence-electron chi connectivity index (χ2n) is 3.08. The Kier molecular flexibility index (Phi) is 5.51. The third-order valence-electron chi connectivity index (χ3n) is 1.79. The number of carbonyl (C=O) groups is 1. The first kappa shape index (κ1) is 12.3. The minimum atomic E-state index is -0.248. The highest BCUT2D eigenvalue weighted by Crippen LogP contribution is 2.17. The third kappa shape index (κ3) is 5.05. The number of benzene rings is 1. The van der Waals surface area contributed by atoms with Crippen molar-refractivity contribution in [3.8, 4) is 5.75 Å². The molecule has 1 rings (SSSR count). The molecule has 0 amide bonds. The maximum atomic E-state index is 11.3. The number of hydrogen-bond acceptors (Lipinski definition) is 2. The SMILES string of the molecule is O=C(CCCCCl)Oc1cccc(Cl)c1. The van der Waals surface area contributed by atoms with E-state index in [-0.39, 0.29) is 5.97 Å². The summed E-state index contributed by atoms with van der Waals surface area (Å²) in [6.45, 7) is 0. The Balaban J connectivity index is 2.37. The molecule has 0 atom stereocenters. The van der Waals surface area contributed by atoms with Gasteiger partial charge < -0.3 is 4.74 Å². The number of unbranched alkanes of at least 4 members (excludes halogenated alkanes) is 1. The molecule has 2 nitrogen and oxygen atoms in total. The summed E-state index contributed by atoms with van der Waals surface area (Å²) in [5.41, 5.74) is 0. The van der Waals surface area contributed by atoms with E-state index in [9.17, 15) is 4.79 Å². The molecule has 1 aromatic rings. The lowest BCUT2D eigenvalue weighted by molar-refractivity contribution is -0.134. The van der Waals surface area contributed by atoms with Crippen LogP contribution in [0.25, 0.3) is 0 Å². The fourth-order valence-corrected chi connectivity index (χ4v) is 1.45. The molecule has 0 N–H and O–H groups in total. The predicted octanol–water partition coefficient (Wildman–Crippen LogP) is 3.65. The Labute approximate surface area is 99.1 Å². The summed E-state index contributed by atoms with van der Waals surface area (Å²) in [4.78, 5) is 11.3. The molecule has 0 fully saturated rings. The molecule has 1 aromatic carbocycles. The fourth-order valence-electron chi connectivity index (χ4n) is 1.08. The molecule has 0 aliphatic carbocycles. The van der Waals surface area contributed by atoms with Crippen LogP contribution in [-0.2, 0) is 4.79 Å². The highest BCUT2D eigenvalue weighted by Gasteiger charge is 2.04. The Morgan fingerprint density at radius 3 is 2.80 bits per heavy atom. The van der Waals surface area contributed by atoms with E-state index < -0.39 is 0 Å². The van der Waals surface area contributed by atoms with Gasteiger partial charge >= 0.3 is 5.97 Å². The van der Waals surface area contributed by atoms with Crippen molar-refractivity contribution >= 4 is 29.2 Å². The molecule has 15 heavy (non-hydrogen) atoms. The smallest absolute Gasteiger partial charge is 0.311 e. The van der Waals surface area contributed by atoms with Crippen molar-refractivity contribution in [1.29, 1.82) is 0 Å². The Morgan fingerprint density at radius 2 is 2.13 bits per heavy atom. The number of rotatable bonds is 5. The number of esters is 1. The van der Waals surface area contributed by atoms with Crippen LogP contribution in [0, 0.1) is 0 Å². The largest absolute Gasteiger partial charge is 0.426 e. The quantitative estimate of drug-likeness (QED) is 0.343. The molecule has 0 bridgehead atoms. The van der Waals surface area contributed by atoms with Crippen LogP contribution in [0.1, 0.15) is 19.3 Å². The lowest BCUT2D eigenvalue weighted by Crippen LogP contribution is -2.07. The molecule has 0 aromatic heterocycles. The Morgan fingerprint density at radius 1 is 1.33 bits per heavy atom. The number of hydrogen-bond donors (Lipinski definition) is 0. The van der Waals surface area contributed by atoms with Crippen molar-refractivity contribution in [1.82, 2.24) is 0 Å². The van der Waals surface area contributed by atoms with Gasteiger partial charge in [0.25, 0.3) is 0 Å². The van der Waals surface area contributed by atoms with Gasteiger partial charge in [0.2, 0.25) is 0 Å². The highest BCUT2D eigenvalue weighted by molar-refractivity contribution is 6.30. The van der Waals surface area contributed by atoms with E-state index >= 15 is 0 Å². The van der Waals surface area contributed by atoms with Crippen LogP contribution in [0.4, 0.5) is 0 Å². The van der Waals surface area contributed by atoms with Crippen molar-refractivity contribution in [2.75, 3.05) is 5.88 Å². The maximum absolute atomic E-state index is 11.3. The van der Waals surface area contributed by atoms with Gasteiger partial charge in [-0.05, 0) is 31.0 Å². The van der Waals surface area contributed by atoms with Crippen LogP contribution in [0.2, 0.25) is 5.02 Å². The molecule has 4 heteroatoms. The van der Waals surface area contributed by atoms with Gasteiger partial charge in [-0.3, -0.25) is 4.79 Å². The predicted molar refractivity (Wildman–Crippen MR) is 61.7 cm³/mol. The van der Waals surface area contributed by atoms with Gasteiger partial charge in [0.05, 0.1) is 0 Å². The zero-order valence-electron chi connectivity index (χ0n) is 8.21. The molecule has 0 aliphatic rings. The molecular formula is C11H12Cl2O2. The standard InChI is InChI=1S/C11H12Cl2O2/c12-7-2-1-6-11(14)15-10-5-3-4-9(13)8-10/h3-5,8H,1-2,6-7H2. The summed E-state index contributed by atoms with van der Waals surface area (Å²) < 4.78 is 5.08. The molecule has 82 valence electrons. The summed E-state index contributed by atoms with van der Waals surface area (Å²) in [7, 11) is 0. The van der Waals surface area contributed by atoms with Crippen LogP contribution in [0.3, 0.4) is 0 Å². The number of alkyl halides is 1. The molecule has 0 unspecified atom stereocenters. The minimum absolute atomic E-state index is 0.248. The second-order valence-corrected chi connectivity index (χ2v) is 3.89. The zero-order chi connectivity index (χ0) is 11.1. The van der Waals surface area contributed by atoms with Crippen LogP contribution in [0.15, 0.2) is 24.3 Å². The average Bonchev–Trinajstić information content (AvgIpc) is 2.18. The van der Waals surface area contributed by atoms with E-state index in [1.807, 2.05) is 0 Å². The summed E-state index contributed by atoms with van der Waals surface area (Å²) in [5, 5.41) is 0.557. The van der Waals surface area contributed by atoms with Crippen molar-refractivity contribution in [2.45, 2.75) is 19.3 Å². The highest BCUT2D eigenvalue weighted by atomic mass is 35.5. The minimum Gasteiger partial charge on any atom is -0.426 e. The molecule has 0 aliphatic heterocycles. The van der Waals surface area contributed by atoms with Crippen LogP contribution in [0.5, 0.6) is 5.75 Å². The zero-order valence-corrected chi connectivity index (χ0v) is 9.72. The first-order chi connectivity index (χ1) is 7.22. The van der Waals surface area contributed by atoms with E-state index in [4.69, 9.17) is 27.9 Å². The number of halogens is 2. The Bertz CT molecular complexity index is 326. The van der Waals surface area contributed by atoms with Gasteiger partial charge in [-0.15, -0.1) is 11.6 Å². The lowest BCUT2D eigenvalue weighted by Gasteiger charge is -2.03. The summed E-state index contributed by atoms with van der Waals surface area (Å²) in [6, 6.07) is 6.78. The molecule has 0 saturated heterocycles.